The first kappa shape index (κ1) is 21.9. The second-order valence-corrected chi connectivity index (χ2v) is 9.48. The van der Waals surface area contributed by atoms with E-state index in [1.165, 1.54) is 0 Å². The second kappa shape index (κ2) is 8.17. The predicted octanol–water partition coefficient (Wildman–Crippen LogP) is 3.73. The van der Waals surface area contributed by atoms with Crippen molar-refractivity contribution in [2.24, 2.45) is 10.9 Å². The molecular weight excluding hydrogens is 411 g/mol. The zero-order chi connectivity index (χ0) is 21.5. The molecule has 1 saturated heterocycles. The highest BCUT2D eigenvalue weighted by atomic mass is 35.5. The summed E-state index contributed by atoms with van der Waals surface area (Å²) in [7, 11) is 1.80. The van der Waals surface area contributed by atoms with Crippen LogP contribution in [0.1, 0.15) is 33.3 Å². The molecule has 1 aromatic rings. The van der Waals surface area contributed by atoms with E-state index in [0.29, 0.717) is 22.8 Å². The van der Waals surface area contributed by atoms with Crippen LogP contribution >= 0.6 is 23.2 Å². The number of aliphatic imine (C=N–C) groups is 1. The highest BCUT2D eigenvalue weighted by Crippen LogP contribution is 2.37. The van der Waals surface area contributed by atoms with Crippen molar-refractivity contribution >= 4 is 40.5 Å². The summed E-state index contributed by atoms with van der Waals surface area (Å²) >= 11 is 12.6. The number of phenols is 1. The lowest BCUT2D eigenvalue weighted by molar-refractivity contribution is -0.129. The molecule has 3 N–H and O–H groups in total. The summed E-state index contributed by atoms with van der Waals surface area (Å²) in [5.74, 6) is -0.214. The maximum atomic E-state index is 12.9. The van der Waals surface area contributed by atoms with Gasteiger partial charge in [0.15, 0.2) is 0 Å². The first-order valence-corrected chi connectivity index (χ1v) is 10.5. The van der Waals surface area contributed by atoms with Crippen LogP contribution in [0, 0.1) is 5.92 Å². The summed E-state index contributed by atoms with van der Waals surface area (Å²) in [5, 5.41) is 17.4. The molecule has 1 amide bonds. The molecule has 2 aliphatic heterocycles. The van der Waals surface area contributed by atoms with Gasteiger partial charge in [-0.1, -0.05) is 50.9 Å². The van der Waals surface area contributed by atoms with Crippen LogP contribution in [0.4, 0.5) is 5.69 Å². The third-order valence-electron chi connectivity index (χ3n) is 5.61. The Morgan fingerprint density at radius 1 is 1.34 bits per heavy atom. The van der Waals surface area contributed by atoms with Crippen molar-refractivity contribution < 1.29 is 9.90 Å². The Kier molecular flexibility index (Phi) is 6.18. The fourth-order valence-corrected chi connectivity index (χ4v) is 4.26. The van der Waals surface area contributed by atoms with Crippen LogP contribution in [0.25, 0.3) is 0 Å². The number of aromatic hydroxyl groups is 1. The molecule has 1 aromatic carbocycles. The minimum atomic E-state index is -0.200. The number of amides is 1. The highest BCUT2D eigenvalue weighted by Gasteiger charge is 2.35. The van der Waals surface area contributed by atoms with Gasteiger partial charge >= 0.3 is 0 Å². The van der Waals surface area contributed by atoms with Crippen LogP contribution in [-0.2, 0) is 10.2 Å². The van der Waals surface area contributed by atoms with Gasteiger partial charge in [-0.25, -0.2) is 4.99 Å². The number of halogens is 2. The number of benzene rings is 1. The fourth-order valence-electron chi connectivity index (χ4n) is 3.46. The molecule has 1 unspecified atom stereocenters. The van der Waals surface area contributed by atoms with Crippen LogP contribution < -0.4 is 10.6 Å². The molecule has 1 atom stereocenters. The zero-order valence-electron chi connectivity index (χ0n) is 17.4. The number of rotatable bonds is 5. The van der Waals surface area contributed by atoms with Gasteiger partial charge in [0.05, 0.1) is 23.8 Å². The molecule has 8 heteroatoms. The molecule has 1 fully saturated rings. The third-order valence-corrected chi connectivity index (χ3v) is 6.21. The quantitative estimate of drug-likeness (QED) is 0.483. The monoisotopic (exact) mass is 438 g/mol. The third kappa shape index (κ3) is 4.39. The number of likely N-dealkylation sites (N-methyl/N-ethyl adjacent to an activating group) is 1. The lowest BCUT2D eigenvalue weighted by Crippen LogP contribution is -2.57. The van der Waals surface area contributed by atoms with Gasteiger partial charge in [0.25, 0.3) is 5.91 Å². The standard InChI is InChI=1S/C21H28Cl2N4O2/c1-11-16(26-19(23)18(11)20(29)27(5)12-8-24-9-12)10-25-15-6-13(21(2,3)4)14(22)7-17(15)28/h6-7,11-12,24-25,28H,8-10H2,1-5H3. The summed E-state index contributed by atoms with van der Waals surface area (Å²) in [6.07, 6.45) is 0. The molecule has 2 aliphatic rings. The van der Waals surface area contributed by atoms with Gasteiger partial charge < -0.3 is 20.6 Å². The molecule has 158 valence electrons. The Morgan fingerprint density at radius 3 is 2.55 bits per heavy atom. The van der Waals surface area contributed by atoms with E-state index in [9.17, 15) is 9.90 Å². The molecule has 0 saturated carbocycles. The first-order chi connectivity index (χ1) is 13.5. The van der Waals surface area contributed by atoms with Crippen molar-refractivity contribution in [2.45, 2.75) is 39.2 Å². The SMILES string of the molecule is CC1C(CNc2cc(C(C)(C)C)c(Cl)cc2O)=NC(Cl)=C1C(=O)N(C)C1CNC1. The van der Waals surface area contributed by atoms with E-state index in [0.717, 1.165) is 24.4 Å². The van der Waals surface area contributed by atoms with Crippen LogP contribution in [-0.4, -0.2) is 54.3 Å². The smallest absolute Gasteiger partial charge is 0.253 e. The summed E-state index contributed by atoms with van der Waals surface area (Å²) in [4.78, 5) is 19.0. The van der Waals surface area contributed by atoms with E-state index < -0.39 is 0 Å². The summed E-state index contributed by atoms with van der Waals surface area (Å²) in [6, 6.07) is 3.60. The second-order valence-electron chi connectivity index (χ2n) is 8.71. The van der Waals surface area contributed by atoms with Crippen molar-refractivity contribution in [3.63, 3.8) is 0 Å². The minimum Gasteiger partial charge on any atom is -0.506 e. The number of carbonyl (C=O) groups excluding carboxylic acids is 1. The van der Waals surface area contributed by atoms with Gasteiger partial charge in [-0.2, -0.15) is 0 Å². The topological polar surface area (TPSA) is 77.0 Å². The molecule has 0 spiro atoms. The van der Waals surface area contributed by atoms with E-state index in [4.69, 9.17) is 23.2 Å². The number of hydrogen-bond acceptors (Lipinski definition) is 5. The lowest BCUT2D eigenvalue weighted by atomic mass is 9.86. The molecule has 2 heterocycles. The summed E-state index contributed by atoms with van der Waals surface area (Å²) in [5.41, 5.74) is 2.62. The molecule has 29 heavy (non-hydrogen) atoms. The van der Waals surface area contributed by atoms with Crippen LogP contribution in [0.3, 0.4) is 0 Å². The van der Waals surface area contributed by atoms with Gasteiger partial charge in [-0.15, -0.1) is 0 Å². The van der Waals surface area contributed by atoms with Gasteiger partial charge in [-0.3, -0.25) is 4.79 Å². The number of nitrogens with one attached hydrogen (secondary N) is 2. The van der Waals surface area contributed by atoms with E-state index >= 15 is 0 Å². The van der Waals surface area contributed by atoms with Crippen LogP contribution in [0.5, 0.6) is 5.75 Å². The van der Waals surface area contributed by atoms with E-state index in [2.05, 4.69) is 36.4 Å². The van der Waals surface area contributed by atoms with Crippen molar-refractivity contribution in [2.75, 3.05) is 32.0 Å². The number of phenolic OH excluding ortho intramolecular Hbond substituents is 1. The molecule has 3 rings (SSSR count). The average molecular weight is 439 g/mol. The Balaban J connectivity index is 1.71. The first-order valence-electron chi connectivity index (χ1n) is 9.72. The van der Waals surface area contributed by atoms with E-state index in [1.54, 1.807) is 18.0 Å². The van der Waals surface area contributed by atoms with E-state index in [1.807, 2.05) is 13.0 Å². The Bertz CT molecular complexity index is 885. The largest absolute Gasteiger partial charge is 0.506 e. The molecule has 0 radical (unpaired) electrons. The van der Waals surface area contributed by atoms with Crippen molar-refractivity contribution in [1.29, 1.82) is 0 Å². The van der Waals surface area contributed by atoms with Gasteiger partial charge in [-0.05, 0) is 17.0 Å². The van der Waals surface area contributed by atoms with Gasteiger partial charge in [0.2, 0.25) is 0 Å². The predicted molar refractivity (Wildman–Crippen MR) is 119 cm³/mol. The lowest BCUT2D eigenvalue weighted by Gasteiger charge is -2.36. The van der Waals surface area contributed by atoms with Crippen molar-refractivity contribution in [3.05, 3.63) is 33.4 Å². The molecule has 0 aromatic heterocycles. The number of anilines is 1. The number of carbonyl (C=O) groups is 1. The normalized spacial score (nSPS) is 19.8. The number of hydrogen-bond donors (Lipinski definition) is 3. The van der Waals surface area contributed by atoms with E-state index in [-0.39, 0.29) is 34.2 Å². The van der Waals surface area contributed by atoms with Gasteiger partial charge in [0, 0.05) is 42.9 Å². The molecular formula is C21H28Cl2N4O2. The fraction of sp³-hybridized carbons (Fsp3) is 0.524. The minimum absolute atomic E-state index is 0.0711. The number of nitrogens with zero attached hydrogens (tertiary/aromatic N) is 2. The summed E-state index contributed by atoms with van der Waals surface area (Å²) < 4.78 is 0. The maximum absolute atomic E-state index is 12.9. The van der Waals surface area contributed by atoms with Crippen molar-refractivity contribution in [1.82, 2.24) is 10.2 Å². The molecule has 0 aliphatic carbocycles. The van der Waals surface area contributed by atoms with Crippen molar-refractivity contribution in [3.8, 4) is 5.75 Å². The molecule has 0 bridgehead atoms. The highest BCUT2D eigenvalue weighted by molar-refractivity contribution is 6.34. The zero-order valence-corrected chi connectivity index (χ0v) is 18.9. The Morgan fingerprint density at radius 2 is 2.00 bits per heavy atom. The van der Waals surface area contributed by atoms with Crippen LogP contribution in [0.15, 0.2) is 27.9 Å². The van der Waals surface area contributed by atoms with Gasteiger partial charge in [0.1, 0.15) is 10.9 Å². The van der Waals surface area contributed by atoms with Crippen LogP contribution in [0.2, 0.25) is 5.02 Å². The average Bonchev–Trinajstić information content (AvgIpc) is 2.84. The summed E-state index contributed by atoms with van der Waals surface area (Å²) in [6.45, 7) is 10.1. The maximum Gasteiger partial charge on any atom is 0.253 e. The Labute approximate surface area is 182 Å². The molecule has 6 nitrogen and oxygen atoms in total. The Hall–Kier alpha value is -1.76.